The SMILES string of the molecule is COC(=O)C1=C(C)N=c2s/c(=C3\C(=O)N(C(C)=O)c4ccccc43)c(=O)n2[C@H]1c1ccccc1. The second-order valence-electron chi connectivity index (χ2n) is 7.86. The molecule has 0 saturated heterocycles. The number of carbonyl (C=O) groups is 3. The maximum absolute atomic E-state index is 13.8. The Labute approximate surface area is 197 Å². The third-order valence-electron chi connectivity index (χ3n) is 5.89. The number of hydrogen-bond donors (Lipinski definition) is 0. The van der Waals surface area contributed by atoms with Crippen molar-refractivity contribution in [1.82, 2.24) is 4.57 Å². The minimum atomic E-state index is -0.769. The van der Waals surface area contributed by atoms with Gasteiger partial charge in [-0.05, 0) is 18.6 Å². The van der Waals surface area contributed by atoms with Crippen LogP contribution in [0.15, 0.2) is 75.7 Å². The first-order valence-electron chi connectivity index (χ1n) is 10.5. The van der Waals surface area contributed by atoms with Crippen LogP contribution in [-0.2, 0) is 19.1 Å². The Morgan fingerprint density at radius 2 is 1.71 bits per heavy atom. The number of para-hydroxylation sites is 1. The number of thiazole rings is 1. The summed E-state index contributed by atoms with van der Waals surface area (Å²) < 4.78 is 6.60. The number of esters is 1. The molecule has 0 saturated carbocycles. The van der Waals surface area contributed by atoms with Gasteiger partial charge in [-0.25, -0.2) is 14.7 Å². The summed E-state index contributed by atoms with van der Waals surface area (Å²) in [6.45, 7) is 3.00. The van der Waals surface area contributed by atoms with Crippen LogP contribution in [0.3, 0.4) is 0 Å². The van der Waals surface area contributed by atoms with Crippen LogP contribution in [0.5, 0.6) is 0 Å². The van der Waals surface area contributed by atoms with Crippen molar-refractivity contribution in [1.29, 1.82) is 0 Å². The van der Waals surface area contributed by atoms with Gasteiger partial charge < -0.3 is 4.74 Å². The first-order valence-corrected chi connectivity index (χ1v) is 11.3. The number of hydrogen-bond acceptors (Lipinski definition) is 7. The lowest BCUT2D eigenvalue weighted by atomic mass is 9.96. The number of amides is 2. The fraction of sp³-hybridized carbons (Fsp3) is 0.160. The molecule has 2 amide bonds. The Morgan fingerprint density at radius 3 is 2.38 bits per heavy atom. The van der Waals surface area contributed by atoms with E-state index in [0.717, 1.165) is 16.2 Å². The minimum Gasteiger partial charge on any atom is -0.466 e. The molecule has 3 aromatic rings. The van der Waals surface area contributed by atoms with Gasteiger partial charge in [-0.1, -0.05) is 59.9 Å². The van der Waals surface area contributed by atoms with E-state index in [0.29, 0.717) is 27.3 Å². The van der Waals surface area contributed by atoms with Gasteiger partial charge >= 0.3 is 5.97 Å². The monoisotopic (exact) mass is 473 g/mol. The molecule has 0 spiro atoms. The van der Waals surface area contributed by atoms with E-state index < -0.39 is 29.4 Å². The molecule has 9 heteroatoms. The molecule has 0 unspecified atom stereocenters. The number of aromatic nitrogens is 1. The van der Waals surface area contributed by atoms with Crippen molar-refractivity contribution in [2.45, 2.75) is 19.9 Å². The number of nitrogens with zero attached hydrogens (tertiary/aromatic N) is 3. The van der Waals surface area contributed by atoms with Crippen LogP contribution in [0, 0.1) is 0 Å². The number of anilines is 1. The van der Waals surface area contributed by atoms with E-state index in [4.69, 9.17) is 4.74 Å². The number of ether oxygens (including phenoxy) is 1. The van der Waals surface area contributed by atoms with Crippen molar-refractivity contribution >= 4 is 40.4 Å². The standard InChI is InChI=1S/C25H19N3O5S/c1-13-18(24(32)33-3)20(15-9-5-4-6-10-15)28-23(31)21(34-25(28)26-13)19-16-11-7-8-12-17(16)27(14(2)29)22(19)30/h4-12,20H,1-3H3/b21-19-/t20-/m0/s1. The van der Waals surface area contributed by atoms with E-state index >= 15 is 0 Å². The largest absolute Gasteiger partial charge is 0.466 e. The molecule has 8 nitrogen and oxygen atoms in total. The van der Waals surface area contributed by atoms with Gasteiger partial charge in [0.2, 0.25) is 5.91 Å². The number of fused-ring (bicyclic) bond motifs is 2. The van der Waals surface area contributed by atoms with Crippen LogP contribution in [0.2, 0.25) is 0 Å². The first kappa shape index (κ1) is 21.7. The lowest BCUT2D eigenvalue weighted by Gasteiger charge is -2.24. The summed E-state index contributed by atoms with van der Waals surface area (Å²) in [5.41, 5.74) is 2.03. The quantitative estimate of drug-likeness (QED) is 0.528. The third-order valence-corrected chi connectivity index (χ3v) is 6.94. The zero-order valence-corrected chi connectivity index (χ0v) is 19.4. The van der Waals surface area contributed by atoms with Gasteiger partial charge in [0.05, 0.1) is 35.7 Å². The summed E-state index contributed by atoms with van der Waals surface area (Å²) >= 11 is 1.07. The summed E-state index contributed by atoms with van der Waals surface area (Å²) in [6, 6.07) is 15.2. The molecular weight excluding hydrogens is 454 g/mol. The van der Waals surface area contributed by atoms with Crippen LogP contribution in [0.1, 0.15) is 31.0 Å². The van der Waals surface area contributed by atoms with E-state index in [1.165, 1.54) is 18.6 Å². The van der Waals surface area contributed by atoms with Crippen LogP contribution in [0.25, 0.3) is 5.57 Å². The topological polar surface area (TPSA) is 98.0 Å². The van der Waals surface area contributed by atoms with E-state index in [1.807, 2.05) is 30.3 Å². The minimum absolute atomic E-state index is 0.155. The summed E-state index contributed by atoms with van der Waals surface area (Å²) in [5, 5.41) is 0. The summed E-state index contributed by atoms with van der Waals surface area (Å²) in [7, 11) is 1.28. The Bertz CT molecular complexity index is 1600. The van der Waals surface area contributed by atoms with Crippen molar-refractivity contribution in [2.24, 2.45) is 4.99 Å². The Hall–Kier alpha value is -4.11. The first-order chi connectivity index (χ1) is 16.3. The number of rotatable bonds is 2. The van der Waals surface area contributed by atoms with Crippen molar-refractivity contribution in [3.05, 3.63) is 96.7 Å². The van der Waals surface area contributed by atoms with E-state index in [1.54, 1.807) is 31.2 Å². The molecule has 2 aliphatic heterocycles. The molecule has 1 aromatic heterocycles. The lowest BCUT2D eigenvalue weighted by molar-refractivity contribution is -0.136. The highest BCUT2D eigenvalue weighted by Gasteiger charge is 2.38. The lowest BCUT2D eigenvalue weighted by Crippen LogP contribution is -2.41. The smallest absolute Gasteiger partial charge is 0.338 e. The van der Waals surface area contributed by atoms with Gasteiger partial charge in [0.1, 0.15) is 4.53 Å². The summed E-state index contributed by atoms with van der Waals surface area (Å²) in [6.07, 6.45) is 0. The summed E-state index contributed by atoms with van der Waals surface area (Å²) in [4.78, 5) is 58.1. The molecule has 170 valence electrons. The Balaban J connectivity index is 1.86. The van der Waals surface area contributed by atoms with Crippen molar-refractivity contribution in [3.8, 4) is 0 Å². The van der Waals surface area contributed by atoms with Gasteiger partial charge in [-0.15, -0.1) is 0 Å². The van der Waals surface area contributed by atoms with Crippen LogP contribution in [-0.4, -0.2) is 29.5 Å². The number of methoxy groups -OCH3 is 1. The van der Waals surface area contributed by atoms with E-state index in [9.17, 15) is 19.2 Å². The number of benzene rings is 2. The van der Waals surface area contributed by atoms with E-state index in [2.05, 4.69) is 4.99 Å². The number of carbonyl (C=O) groups excluding carboxylic acids is 3. The second-order valence-corrected chi connectivity index (χ2v) is 8.83. The predicted octanol–water partition coefficient (Wildman–Crippen LogP) is 1.67. The molecule has 1 atom stereocenters. The van der Waals surface area contributed by atoms with Crippen molar-refractivity contribution < 1.29 is 19.1 Å². The molecule has 0 N–H and O–H groups in total. The van der Waals surface area contributed by atoms with Crippen LogP contribution >= 0.6 is 11.3 Å². The van der Waals surface area contributed by atoms with Crippen molar-refractivity contribution in [2.75, 3.05) is 12.0 Å². The molecule has 0 radical (unpaired) electrons. The molecule has 34 heavy (non-hydrogen) atoms. The van der Waals surface area contributed by atoms with Crippen LogP contribution < -0.4 is 19.8 Å². The van der Waals surface area contributed by atoms with Gasteiger partial charge in [-0.2, -0.15) is 0 Å². The van der Waals surface area contributed by atoms with Crippen LogP contribution in [0.4, 0.5) is 5.69 Å². The fourth-order valence-electron chi connectivity index (χ4n) is 4.44. The van der Waals surface area contributed by atoms with E-state index in [-0.39, 0.29) is 15.7 Å². The molecule has 2 aliphatic rings. The maximum Gasteiger partial charge on any atom is 0.338 e. The maximum atomic E-state index is 13.8. The highest BCUT2D eigenvalue weighted by atomic mass is 32.1. The summed E-state index contributed by atoms with van der Waals surface area (Å²) in [5.74, 6) is -1.58. The molecule has 5 rings (SSSR count). The normalized spacial score (nSPS) is 18.4. The molecule has 3 heterocycles. The average molecular weight is 474 g/mol. The third kappa shape index (κ3) is 3.08. The Kier molecular flexibility index (Phi) is 5.13. The Morgan fingerprint density at radius 1 is 1.03 bits per heavy atom. The highest BCUT2D eigenvalue weighted by molar-refractivity contribution is 7.07. The second kappa shape index (κ2) is 8.03. The zero-order valence-electron chi connectivity index (χ0n) is 18.6. The predicted molar refractivity (Wildman–Crippen MR) is 126 cm³/mol. The zero-order chi connectivity index (χ0) is 24.1. The van der Waals surface area contributed by atoms with Gasteiger partial charge in [0.15, 0.2) is 4.80 Å². The highest BCUT2D eigenvalue weighted by Crippen LogP contribution is 2.35. The number of imide groups is 1. The van der Waals surface area contributed by atoms with Gasteiger partial charge in [0.25, 0.3) is 11.5 Å². The molecule has 0 aliphatic carbocycles. The average Bonchev–Trinajstić information content (AvgIpc) is 3.30. The molecule has 0 bridgehead atoms. The number of allylic oxidation sites excluding steroid dienone is 1. The fourth-order valence-corrected chi connectivity index (χ4v) is 5.58. The molecule has 2 aromatic carbocycles. The van der Waals surface area contributed by atoms with Crippen molar-refractivity contribution in [3.63, 3.8) is 0 Å². The molecular formula is C25H19N3O5S. The van der Waals surface area contributed by atoms with Gasteiger partial charge in [0, 0.05) is 12.5 Å². The molecule has 0 fully saturated rings. The van der Waals surface area contributed by atoms with Gasteiger partial charge in [-0.3, -0.25) is 19.0 Å².